The zero-order valence-corrected chi connectivity index (χ0v) is 13.0. The number of amides is 1. The number of likely N-dealkylation sites (tertiary alicyclic amines) is 1. The number of aromatic nitrogens is 2. The number of hydrogen-bond acceptors (Lipinski definition) is 3. The van der Waals surface area contributed by atoms with E-state index in [1.165, 1.54) is 37.9 Å². The molecule has 1 fully saturated rings. The zero-order chi connectivity index (χ0) is 15.4. The Morgan fingerprint density at radius 2 is 2.05 bits per heavy atom. The largest absolute Gasteiger partial charge is 0.321 e. The van der Waals surface area contributed by atoms with Crippen molar-refractivity contribution in [2.75, 3.05) is 18.4 Å². The van der Waals surface area contributed by atoms with Crippen molar-refractivity contribution in [3.63, 3.8) is 0 Å². The summed E-state index contributed by atoms with van der Waals surface area (Å²) in [6.45, 7) is 3.30. The molecule has 5 nitrogen and oxygen atoms in total. The van der Waals surface area contributed by atoms with Gasteiger partial charge in [-0.05, 0) is 49.7 Å². The molecule has 5 heteroatoms. The van der Waals surface area contributed by atoms with Crippen LogP contribution in [0.5, 0.6) is 0 Å². The van der Waals surface area contributed by atoms with Crippen LogP contribution in [0.2, 0.25) is 0 Å². The van der Waals surface area contributed by atoms with Gasteiger partial charge < -0.3 is 5.32 Å². The molecule has 22 heavy (non-hydrogen) atoms. The summed E-state index contributed by atoms with van der Waals surface area (Å²) in [4.78, 5) is 14.7. The lowest BCUT2D eigenvalue weighted by Gasteiger charge is -2.26. The van der Waals surface area contributed by atoms with Gasteiger partial charge in [-0.1, -0.05) is 18.6 Å². The third-order valence-electron chi connectivity index (χ3n) is 4.09. The molecule has 1 aromatic heterocycles. The Bertz CT molecular complexity index is 644. The van der Waals surface area contributed by atoms with E-state index in [4.69, 9.17) is 0 Å². The van der Waals surface area contributed by atoms with Gasteiger partial charge in [0, 0.05) is 25.5 Å². The molecule has 116 valence electrons. The maximum Gasteiger partial charge on any atom is 0.273 e. The first kappa shape index (κ1) is 14.8. The second-order valence-corrected chi connectivity index (χ2v) is 5.83. The number of carbonyl (C=O) groups excluding carboxylic acids is 1. The van der Waals surface area contributed by atoms with Crippen molar-refractivity contribution in [1.29, 1.82) is 0 Å². The van der Waals surface area contributed by atoms with Gasteiger partial charge in [-0.3, -0.25) is 14.4 Å². The van der Waals surface area contributed by atoms with E-state index >= 15 is 0 Å². The fraction of sp³-hybridized carbons (Fsp3) is 0.412. The van der Waals surface area contributed by atoms with Gasteiger partial charge in [0.15, 0.2) is 0 Å². The molecule has 1 amide bonds. The van der Waals surface area contributed by atoms with Crippen LogP contribution >= 0.6 is 0 Å². The quantitative estimate of drug-likeness (QED) is 0.944. The summed E-state index contributed by atoms with van der Waals surface area (Å²) in [6.07, 6.45) is 5.55. The molecule has 0 bridgehead atoms. The maximum atomic E-state index is 12.2. The van der Waals surface area contributed by atoms with Gasteiger partial charge >= 0.3 is 0 Å². The summed E-state index contributed by atoms with van der Waals surface area (Å²) in [5.41, 5.74) is 2.63. The number of aryl methyl sites for hydroxylation is 1. The minimum absolute atomic E-state index is 0.130. The first-order chi connectivity index (χ1) is 10.7. The van der Waals surface area contributed by atoms with Crippen LogP contribution in [0, 0.1) is 0 Å². The third kappa shape index (κ3) is 3.54. The molecular formula is C17H22N4O. The molecule has 2 heterocycles. The average molecular weight is 298 g/mol. The molecule has 1 N–H and O–H groups in total. The highest BCUT2D eigenvalue weighted by Crippen LogP contribution is 2.16. The lowest BCUT2D eigenvalue weighted by Crippen LogP contribution is -2.29. The van der Waals surface area contributed by atoms with Crippen LogP contribution in [0.25, 0.3) is 0 Å². The predicted molar refractivity (Wildman–Crippen MR) is 86.7 cm³/mol. The fourth-order valence-corrected chi connectivity index (χ4v) is 2.91. The second-order valence-electron chi connectivity index (χ2n) is 5.83. The summed E-state index contributed by atoms with van der Waals surface area (Å²) in [7, 11) is 1.77. The van der Waals surface area contributed by atoms with E-state index in [0.29, 0.717) is 5.69 Å². The average Bonchev–Trinajstić information content (AvgIpc) is 2.95. The lowest BCUT2D eigenvalue weighted by molar-refractivity contribution is 0.101. The minimum atomic E-state index is -0.130. The van der Waals surface area contributed by atoms with Crippen LogP contribution in [-0.4, -0.2) is 33.7 Å². The Morgan fingerprint density at radius 1 is 1.23 bits per heavy atom. The summed E-state index contributed by atoms with van der Waals surface area (Å²) in [5, 5.41) is 6.97. The van der Waals surface area contributed by atoms with E-state index in [1.54, 1.807) is 24.0 Å². The summed E-state index contributed by atoms with van der Waals surface area (Å²) in [5.74, 6) is -0.130. The van der Waals surface area contributed by atoms with Crippen LogP contribution in [-0.2, 0) is 13.6 Å². The SMILES string of the molecule is Cn1nccc1C(=O)Nc1cccc(CN2CCCCC2)c1. The standard InChI is InChI=1S/C17H22N4O/c1-20-16(8-9-18-20)17(22)19-15-7-5-6-14(12-15)13-21-10-3-2-4-11-21/h5-9,12H,2-4,10-11,13H2,1H3,(H,19,22). The third-order valence-corrected chi connectivity index (χ3v) is 4.09. The Labute approximate surface area is 130 Å². The molecule has 0 aliphatic carbocycles. The number of hydrogen-bond donors (Lipinski definition) is 1. The van der Waals surface area contributed by atoms with Crippen LogP contribution in [0.4, 0.5) is 5.69 Å². The molecule has 0 saturated carbocycles. The molecule has 0 radical (unpaired) electrons. The predicted octanol–water partition coefficient (Wildman–Crippen LogP) is 2.66. The number of piperidine rings is 1. The van der Waals surface area contributed by atoms with Crippen molar-refractivity contribution in [2.24, 2.45) is 7.05 Å². The van der Waals surface area contributed by atoms with Crippen molar-refractivity contribution in [1.82, 2.24) is 14.7 Å². The van der Waals surface area contributed by atoms with Gasteiger partial charge in [0.1, 0.15) is 5.69 Å². The lowest BCUT2D eigenvalue weighted by atomic mass is 10.1. The van der Waals surface area contributed by atoms with Crippen molar-refractivity contribution >= 4 is 11.6 Å². The van der Waals surface area contributed by atoms with Crippen LogP contribution in [0.3, 0.4) is 0 Å². The van der Waals surface area contributed by atoms with E-state index in [1.807, 2.05) is 12.1 Å². The number of carbonyl (C=O) groups is 1. The van der Waals surface area contributed by atoms with Crippen molar-refractivity contribution in [3.8, 4) is 0 Å². The molecule has 3 rings (SSSR count). The Hall–Kier alpha value is -2.14. The van der Waals surface area contributed by atoms with Crippen LogP contribution < -0.4 is 5.32 Å². The summed E-state index contributed by atoms with van der Waals surface area (Å²) >= 11 is 0. The van der Waals surface area contributed by atoms with Gasteiger partial charge in [-0.15, -0.1) is 0 Å². The van der Waals surface area contributed by atoms with Gasteiger partial charge in [0.2, 0.25) is 0 Å². The fourth-order valence-electron chi connectivity index (χ4n) is 2.91. The highest BCUT2D eigenvalue weighted by molar-refractivity contribution is 6.03. The molecule has 1 aliphatic rings. The van der Waals surface area contributed by atoms with Gasteiger partial charge in [-0.25, -0.2) is 0 Å². The Morgan fingerprint density at radius 3 is 2.77 bits per heavy atom. The second kappa shape index (κ2) is 6.75. The van der Waals surface area contributed by atoms with Gasteiger partial charge in [0.25, 0.3) is 5.91 Å². The van der Waals surface area contributed by atoms with E-state index in [-0.39, 0.29) is 5.91 Å². The Balaban J connectivity index is 1.66. The Kier molecular flexibility index (Phi) is 4.53. The number of anilines is 1. The van der Waals surface area contributed by atoms with E-state index < -0.39 is 0 Å². The van der Waals surface area contributed by atoms with Gasteiger partial charge in [-0.2, -0.15) is 5.10 Å². The normalized spacial score (nSPS) is 15.7. The molecular weight excluding hydrogens is 276 g/mol. The molecule has 2 aromatic rings. The number of rotatable bonds is 4. The first-order valence-electron chi connectivity index (χ1n) is 7.83. The molecule has 1 aliphatic heterocycles. The molecule has 0 spiro atoms. The van der Waals surface area contributed by atoms with Crippen LogP contribution in [0.15, 0.2) is 36.5 Å². The zero-order valence-electron chi connectivity index (χ0n) is 13.0. The van der Waals surface area contributed by atoms with Crippen LogP contribution in [0.1, 0.15) is 35.3 Å². The highest BCUT2D eigenvalue weighted by atomic mass is 16.2. The number of benzene rings is 1. The van der Waals surface area contributed by atoms with Crippen molar-refractivity contribution in [3.05, 3.63) is 47.8 Å². The molecule has 1 aromatic carbocycles. The summed E-state index contributed by atoms with van der Waals surface area (Å²) in [6, 6.07) is 9.82. The smallest absolute Gasteiger partial charge is 0.273 e. The maximum absolute atomic E-state index is 12.2. The topological polar surface area (TPSA) is 50.2 Å². The molecule has 0 atom stereocenters. The number of nitrogens with zero attached hydrogens (tertiary/aromatic N) is 3. The monoisotopic (exact) mass is 298 g/mol. The van der Waals surface area contributed by atoms with E-state index in [9.17, 15) is 4.79 Å². The van der Waals surface area contributed by atoms with Crippen molar-refractivity contribution < 1.29 is 4.79 Å². The van der Waals surface area contributed by atoms with E-state index in [2.05, 4.69) is 27.4 Å². The minimum Gasteiger partial charge on any atom is -0.321 e. The summed E-state index contributed by atoms with van der Waals surface area (Å²) < 4.78 is 1.58. The van der Waals surface area contributed by atoms with Gasteiger partial charge in [0.05, 0.1) is 0 Å². The van der Waals surface area contributed by atoms with E-state index in [0.717, 1.165) is 12.2 Å². The van der Waals surface area contributed by atoms with Crippen molar-refractivity contribution in [2.45, 2.75) is 25.8 Å². The number of nitrogens with one attached hydrogen (secondary N) is 1. The molecule has 0 unspecified atom stereocenters. The molecule has 1 saturated heterocycles. The first-order valence-corrected chi connectivity index (χ1v) is 7.83. The highest BCUT2D eigenvalue weighted by Gasteiger charge is 2.12.